The summed E-state index contributed by atoms with van der Waals surface area (Å²) in [5, 5.41) is 12.1. The Morgan fingerprint density at radius 1 is 1.71 bits per heavy atom. The third-order valence-corrected chi connectivity index (χ3v) is 2.59. The molecule has 1 aromatic rings. The molecule has 1 aromatic heterocycles. The number of aromatic amines is 1. The summed E-state index contributed by atoms with van der Waals surface area (Å²) < 4.78 is 1.81. The zero-order valence-electron chi connectivity index (χ0n) is 8.23. The molecule has 1 saturated heterocycles. The van der Waals surface area contributed by atoms with Crippen LogP contribution in [0.15, 0.2) is 10.9 Å². The van der Waals surface area contributed by atoms with Crippen molar-refractivity contribution in [2.45, 2.75) is 26.0 Å². The average Bonchev–Trinajstić information content (AvgIpc) is 2.71. The smallest absolute Gasteiger partial charge is 0.266 e. The number of anilines is 1. The molecular weight excluding hydrogens is 182 g/mol. The summed E-state index contributed by atoms with van der Waals surface area (Å²) in [4.78, 5) is 13.2. The van der Waals surface area contributed by atoms with E-state index in [1.54, 1.807) is 10.7 Å². The number of aliphatic hydroxyl groups excluding tert-OH is 1. The largest absolute Gasteiger partial charge is 0.391 e. The number of aliphatic hydroxyl groups is 1. The van der Waals surface area contributed by atoms with E-state index in [1.807, 2.05) is 11.8 Å². The van der Waals surface area contributed by atoms with Gasteiger partial charge in [-0.25, -0.2) is 0 Å². The number of rotatable bonds is 2. The predicted octanol–water partition coefficient (Wildman–Crippen LogP) is -0.233. The minimum absolute atomic E-state index is 0.0803. The maximum absolute atomic E-state index is 11.1. The van der Waals surface area contributed by atoms with Gasteiger partial charge in [0, 0.05) is 25.7 Å². The van der Waals surface area contributed by atoms with Crippen LogP contribution in [-0.2, 0) is 6.54 Å². The van der Waals surface area contributed by atoms with Gasteiger partial charge >= 0.3 is 0 Å². The number of nitrogens with one attached hydrogen (secondary N) is 1. The molecule has 78 valence electrons. The lowest BCUT2D eigenvalue weighted by Crippen LogP contribution is -2.24. The summed E-state index contributed by atoms with van der Waals surface area (Å²) in [6.45, 7) is 4.16. The minimum Gasteiger partial charge on any atom is -0.391 e. The number of aryl methyl sites for hydroxylation is 1. The van der Waals surface area contributed by atoms with Gasteiger partial charge in [0.15, 0.2) is 0 Å². The third-order valence-electron chi connectivity index (χ3n) is 2.59. The Morgan fingerprint density at radius 2 is 2.50 bits per heavy atom. The Hall–Kier alpha value is -1.23. The van der Waals surface area contributed by atoms with Crippen molar-refractivity contribution in [1.82, 2.24) is 9.78 Å². The maximum atomic E-state index is 11.1. The molecule has 0 spiro atoms. The van der Waals surface area contributed by atoms with E-state index in [0.717, 1.165) is 25.3 Å². The van der Waals surface area contributed by atoms with Gasteiger partial charge in [-0.15, -0.1) is 0 Å². The van der Waals surface area contributed by atoms with Gasteiger partial charge < -0.3 is 10.0 Å². The predicted molar refractivity (Wildman–Crippen MR) is 53.6 cm³/mol. The molecule has 0 unspecified atom stereocenters. The summed E-state index contributed by atoms with van der Waals surface area (Å²) in [5.74, 6) is 0.883. The maximum Gasteiger partial charge on any atom is 0.266 e. The fourth-order valence-electron chi connectivity index (χ4n) is 1.87. The highest BCUT2D eigenvalue weighted by Crippen LogP contribution is 2.18. The van der Waals surface area contributed by atoms with Crippen LogP contribution >= 0.6 is 0 Å². The highest BCUT2D eigenvalue weighted by Gasteiger charge is 2.22. The Kier molecular flexibility index (Phi) is 2.33. The second-order valence-electron chi connectivity index (χ2n) is 3.61. The van der Waals surface area contributed by atoms with Gasteiger partial charge in [0.25, 0.3) is 5.56 Å². The summed E-state index contributed by atoms with van der Waals surface area (Å²) in [5.41, 5.74) is -0.0803. The first-order valence-corrected chi connectivity index (χ1v) is 4.93. The van der Waals surface area contributed by atoms with Gasteiger partial charge in [-0.2, -0.15) is 0 Å². The summed E-state index contributed by atoms with van der Waals surface area (Å²) in [6, 6.07) is 1.58. The Bertz CT molecular complexity index is 368. The molecule has 2 N–H and O–H groups in total. The van der Waals surface area contributed by atoms with E-state index >= 15 is 0 Å². The van der Waals surface area contributed by atoms with Crippen molar-refractivity contribution >= 4 is 5.82 Å². The highest BCUT2D eigenvalue weighted by molar-refractivity contribution is 5.39. The second-order valence-corrected chi connectivity index (χ2v) is 3.61. The Labute approximate surface area is 81.9 Å². The van der Waals surface area contributed by atoms with E-state index in [2.05, 4.69) is 5.10 Å². The molecule has 2 rings (SSSR count). The molecule has 1 aliphatic heterocycles. The Morgan fingerprint density at radius 3 is 3.07 bits per heavy atom. The first kappa shape index (κ1) is 9.33. The van der Waals surface area contributed by atoms with Gasteiger partial charge in [0.05, 0.1) is 6.10 Å². The number of nitrogens with zero attached hydrogens (tertiary/aromatic N) is 2. The number of hydrogen-bond donors (Lipinski definition) is 2. The van der Waals surface area contributed by atoms with Crippen LogP contribution in [0.3, 0.4) is 0 Å². The normalized spacial score (nSPS) is 21.9. The molecule has 1 atom stereocenters. The van der Waals surface area contributed by atoms with Crippen molar-refractivity contribution in [2.24, 2.45) is 0 Å². The number of H-pyrrole nitrogens is 1. The van der Waals surface area contributed by atoms with Crippen LogP contribution in [0.2, 0.25) is 0 Å². The van der Waals surface area contributed by atoms with Gasteiger partial charge in [0.2, 0.25) is 0 Å². The first-order chi connectivity index (χ1) is 6.70. The second kappa shape index (κ2) is 3.49. The molecule has 14 heavy (non-hydrogen) atoms. The van der Waals surface area contributed by atoms with E-state index in [9.17, 15) is 9.90 Å². The quantitative estimate of drug-likeness (QED) is 0.688. The topological polar surface area (TPSA) is 61.3 Å². The summed E-state index contributed by atoms with van der Waals surface area (Å²) in [7, 11) is 0. The molecule has 1 aliphatic rings. The number of hydrogen-bond acceptors (Lipinski definition) is 3. The lowest BCUT2D eigenvalue weighted by molar-refractivity contribution is 0.198. The van der Waals surface area contributed by atoms with Crippen LogP contribution in [0.1, 0.15) is 13.3 Å². The fourth-order valence-corrected chi connectivity index (χ4v) is 1.87. The highest BCUT2D eigenvalue weighted by atomic mass is 16.3. The fraction of sp³-hybridized carbons (Fsp3) is 0.667. The number of aromatic nitrogens is 2. The first-order valence-electron chi connectivity index (χ1n) is 4.93. The van der Waals surface area contributed by atoms with Crippen molar-refractivity contribution in [1.29, 1.82) is 0 Å². The van der Waals surface area contributed by atoms with Crippen LogP contribution in [0, 0.1) is 0 Å². The van der Waals surface area contributed by atoms with Crippen LogP contribution in [0.4, 0.5) is 5.82 Å². The molecular formula is C9H15N3O2. The monoisotopic (exact) mass is 197 g/mol. The van der Waals surface area contributed by atoms with Crippen molar-refractivity contribution in [2.75, 3.05) is 18.0 Å². The van der Waals surface area contributed by atoms with Crippen molar-refractivity contribution in [3.63, 3.8) is 0 Å². The summed E-state index contributed by atoms with van der Waals surface area (Å²) in [6.07, 6.45) is 0.522. The van der Waals surface area contributed by atoms with Crippen LogP contribution in [-0.4, -0.2) is 34.1 Å². The van der Waals surface area contributed by atoms with E-state index < -0.39 is 0 Å². The van der Waals surface area contributed by atoms with E-state index in [-0.39, 0.29) is 11.7 Å². The summed E-state index contributed by atoms with van der Waals surface area (Å²) >= 11 is 0. The Balaban J connectivity index is 2.26. The van der Waals surface area contributed by atoms with Crippen LogP contribution < -0.4 is 10.5 Å². The van der Waals surface area contributed by atoms with Gasteiger partial charge in [0.1, 0.15) is 5.82 Å². The minimum atomic E-state index is -0.259. The van der Waals surface area contributed by atoms with Crippen molar-refractivity contribution in [3.05, 3.63) is 16.4 Å². The molecule has 0 aliphatic carbocycles. The van der Waals surface area contributed by atoms with Crippen molar-refractivity contribution < 1.29 is 5.11 Å². The zero-order chi connectivity index (χ0) is 10.1. The molecule has 2 heterocycles. The SMILES string of the molecule is CCn1[nH]c(=O)cc1N1CC[C@@H](O)C1. The van der Waals surface area contributed by atoms with E-state index in [0.29, 0.717) is 6.54 Å². The van der Waals surface area contributed by atoms with Crippen LogP contribution in [0.25, 0.3) is 0 Å². The molecule has 0 amide bonds. The molecule has 5 nitrogen and oxygen atoms in total. The van der Waals surface area contributed by atoms with Crippen LogP contribution in [0.5, 0.6) is 0 Å². The molecule has 0 bridgehead atoms. The lowest BCUT2D eigenvalue weighted by Gasteiger charge is -2.18. The standard InChI is InChI=1S/C9H15N3O2/c1-2-12-9(5-8(14)10-12)11-4-3-7(13)6-11/h5,7,13H,2-4,6H2,1H3,(H,10,14)/t7-/m1/s1. The van der Waals surface area contributed by atoms with E-state index in [1.165, 1.54) is 0 Å². The van der Waals surface area contributed by atoms with Gasteiger partial charge in [-0.3, -0.25) is 14.6 Å². The molecule has 0 saturated carbocycles. The van der Waals surface area contributed by atoms with Gasteiger partial charge in [-0.1, -0.05) is 0 Å². The van der Waals surface area contributed by atoms with Gasteiger partial charge in [-0.05, 0) is 13.3 Å². The number of β-amino-alcohol motifs (C(OH)–C–C–N with tert-alkyl or cyclic N) is 1. The lowest BCUT2D eigenvalue weighted by atomic mass is 10.3. The average molecular weight is 197 g/mol. The van der Waals surface area contributed by atoms with Crippen molar-refractivity contribution in [3.8, 4) is 0 Å². The molecule has 1 fully saturated rings. The van der Waals surface area contributed by atoms with E-state index in [4.69, 9.17) is 0 Å². The zero-order valence-corrected chi connectivity index (χ0v) is 8.23. The molecule has 0 radical (unpaired) electrons. The third kappa shape index (κ3) is 1.55. The molecule has 5 heteroatoms. The molecule has 0 aromatic carbocycles.